The van der Waals surface area contributed by atoms with E-state index in [1.807, 2.05) is 30.5 Å². The van der Waals surface area contributed by atoms with Crippen molar-refractivity contribution in [2.24, 2.45) is 0 Å². The first kappa shape index (κ1) is 11.8. The monoisotopic (exact) mass is 257 g/mol. The average molecular weight is 257 g/mol. The minimum atomic E-state index is -0.0565. The van der Waals surface area contributed by atoms with E-state index >= 15 is 0 Å². The van der Waals surface area contributed by atoms with Crippen molar-refractivity contribution in [2.45, 2.75) is 0 Å². The van der Waals surface area contributed by atoms with Gasteiger partial charge in [-0.2, -0.15) is 0 Å². The van der Waals surface area contributed by atoms with Crippen LogP contribution in [0.15, 0.2) is 30.5 Å². The van der Waals surface area contributed by atoms with Crippen molar-refractivity contribution < 1.29 is 9.59 Å². The molecule has 0 spiro atoms. The van der Waals surface area contributed by atoms with Crippen LogP contribution in [0.25, 0.3) is 5.57 Å². The van der Waals surface area contributed by atoms with Gasteiger partial charge in [0.25, 0.3) is 5.91 Å². The fourth-order valence-electron chi connectivity index (χ4n) is 2.42. The molecular weight excluding hydrogens is 242 g/mol. The molecule has 0 saturated carbocycles. The lowest BCUT2D eigenvalue weighted by molar-refractivity contribution is -0.119. The average Bonchev–Trinajstić information content (AvgIpc) is 2.76. The van der Waals surface area contributed by atoms with Crippen LogP contribution in [0.2, 0.25) is 0 Å². The summed E-state index contributed by atoms with van der Waals surface area (Å²) in [6.07, 6.45) is 2.78. The first-order valence-corrected chi connectivity index (χ1v) is 6.34. The van der Waals surface area contributed by atoms with Crippen molar-refractivity contribution in [3.63, 3.8) is 0 Å². The number of carbonyl (C=O) groups excluding carboxylic acids is 2. The fraction of sp³-hybridized carbons (Fsp3) is 0.286. The molecule has 2 amide bonds. The minimum absolute atomic E-state index is 0.0565. The Hall–Kier alpha value is -2.30. The molecule has 1 N–H and O–H groups in total. The molecule has 1 saturated heterocycles. The molecule has 0 bridgehead atoms. The summed E-state index contributed by atoms with van der Waals surface area (Å²) in [5.41, 5.74) is 2.52. The third kappa shape index (κ3) is 2.19. The number of piperazine rings is 1. The van der Waals surface area contributed by atoms with Crippen molar-refractivity contribution in [1.82, 2.24) is 9.80 Å². The summed E-state index contributed by atoms with van der Waals surface area (Å²) in [4.78, 5) is 26.4. The highest BCUT2D eigenvalue weighted by molar-refractivity contribution is 6.31. The summed E-state index contributed by atoms with van der Waals surface area (Å²) < 4.78 is 0. The zero-order chi connectivity index (χ0) is 13.2. The number of amides is 2. The Kier molecular flexibility index (Phi) is 2.95. The van der Waals surface area contributed by atoms with Gasteiger partial charge in [-0.1, -0.05) is 18.2 Å². The van der Waals surface area contributed by atoms with Crippen LogP contribution in [0.4, 0.5) is 5.69 Å². The maximum absolute atomic E-state index is 12.0. The Morgan fingerprint density at radius 1 is 1.05 bits per heavy atom. The van der Waals surface area contributed by atoms with E-state index in [4.69, 9.17) is 0 Å². The standard InChI is InChI=1S/C14H15N3O2/c18-10-17-7-5-16(6-8-17)9-12-11-3-1-2-4-13(11)15-14(12)19/h1-4,9-10H,5-8H2,(H,15,19)/b12-9+. The molecule has 3 rings (SSSR count). The first-order chi connectivity index (χ1) is 9.28. The number of benzene rings is 1. The molecule has 19 heavy (non-hydrogen) atoms. The number of hydrogen-bond donors (Lipinski definition) is 1. The molecule has 0 aromatic heterocycles. The van der Waals surface area contributed by atoms with Gasteiger partial charge >= 0.3 is 0 Å². The molecule has 0 atom stereocenters. The number of anilines is 1. The summed E-state index contributed by atoms with van der Waals surface area (Å²) in [6.45, 7) is 2.93. The summed E-state index contributed by atoms with van der Waals surface area (Å²) in [5.74, 6) is -0.0565. The van der Waals surface area contributed by atoms with Crippen molar-refractivity contribution in [1.29, 1.82) is 0 Å². The number of nitrogens with zero attached hydrogens (tertiary/aromatic N) is 2. The van der Waals surface area contributed by atoms with Crippen molar-refractivity contribution >= 4 is 23.6 Å². The number of carbonyl (C=O) groups is 2. The first-order valence-electron chi connectivity index (χ1n) is 6.34. The van der Waals surface area contributed by atoms with Crippen molar-refractivity contribution in [3.05, 3.63) is 36.0 Å². The lowest BCUT2D eigenvalue weighted by atomic mass is 10.1. The van der Waals surface area contributed by atoms with Gasteiger partial charge < -0.3 is 15.1 Å². The molecule has 0 unspecified atom stereocenters. The van der Waals surface area contributed by atoms with Crippen LogP contribution in [-0.4, -0.2) is 48.3 Å². The number of fused-ring (bicyclic) bond motifs is 1. The smallest absolute Gasteiger partial charge is 0.257 e. The molecular formula is C14H15N3O2. The summed E-state index contributed by atoms with van der Waals surface area (Å²) >= 11 is 0. The summed E-state index contributed by atoms with van der Waals surface area (Å²) in [7, 11) is 0. The molecule has 0 radical (unpaired) electrons. The van der Waals surface area contributed by atoms with Crippen molar-refractivity contribution in [2.75, 3.05) is 31.5 Å². The van der Waals surface area contributed by atoms with E-state index in [1.165, 1.54) is 0 Å². The zero-order valence-corrected chi connectivity index (χ0v) is 10.5. The Morgan fingerprint density at radius 2 is 1.74 bits per heavy atom. The Morgan fingerprint density at radius 3 is 2.47 bits per heavy atom. The molecule has 1 aromatic rings. The summed E-state index contributed by atoms with van der Waals surface area (Å²) in [5, 5.41) is 2.86. The highest BCUT2D eigenvalue weighted by atomic mass is 16.2. The van der Waals surface area contributed by atoms with E-state index in [2.05, 4.69) is 10.2 Å². The Balaban J connectivity index is 1.81. The fourth-order valence-corrected chi connectivity index (χ4v) is 2.42. The molecule has 2 aliphatic rings. The summed E-state index contributed by atoms with van der Waals surface area (Å²) in [6, 6.07) is 7.68. The van der Waals surface area contributed by atoms with Crippen LogP contribution in [0, 0.1) is 0 Å². The second-order valence-electron chi connectivity index (χ2n) is 4.72. The van der Waals surface area contributed by atoms with E-state index in [9.17, 15) is 9.59 Å². The number of hydrogen-bond acceptors (Lipinski definition) is 3. The van der Waals surface area contributed by atoms with Crippen LogP contribution < -0.4 is 5.32 Å². The SMILES string of the molecule is O=CN1CCN(/C=C2/C(=O)Nc3ccccc32)CC1. The highest BCUT2D eigenvalue weighted by Crippen LogP contribution is 2.31. The Labute approximate surface area is 111 Å². The minimum Gasteiger partial charge on any atom is -0.373 e. The lowest BCUT2D eigenvalue weighted by Gasteiger charge is -2.31. The van der Waals surface area contributed by atoms with E-state index in [0.29, 0.717) is 18.7 Å². The van der Waals surface area contributed by atoms with Gasteiger partial charge in [0.15, 0.2) is 0 Å². The Bertz CT molecular complexity index is 545. The molecule has 0 aliphatic carbocycles. The van der Waals surface area contributed by atoms with Crippen LogP contribution in [0.3, 0.4) is 0 Å². The molecule has 2 aliphatic heterocycles. The molecule has 1 aromatic carbocycles. The quantitative estimate of drug-likeness (QED) is 0.628. The topological polar surface area (TPSA) is 52.7 Å². The predicted octanol–water partition coefficient (Wildman–Crippen LogP) is 0.754. The molecule has 5 heteroatoms. The van der Waals surface area contributed by atoms with Crippen LogP contribution in [0.5, 0.6) is 0 Å². The van der Waals surface area contributed by atoms with Crippen molar-refractivity contribution in [3.8, 4) is 0 Å². The number of para-hydroxylation sites is 1. The number of nitrogens with one attached hydrogen (secondary N) is 1. The lowest BCUT2D eigenvalue weighted by Crippen LogP contribution is -2.43. The molecule has 5 nitrogen and oxygen atoms in total. The molecule has 2 heterocycles. The normalized spacial score (nSPS) is 20.4. The van der Waals surface area contributed by atoms with Gasteiger partial charge in [0, 0.05) is 43.6 Å². The second kappa shape index (κ2) is 4.76. The largest absolute Gasteiger partial charge is 0.373 e. The van der Waals surface area contributed by atoms with Crippen LogP contribution >= 0.6 is 0 Å². The van der Waals surface area contributed by atoms with Gasteiger partial charge in [-0.25, -0.2) is 0 Å². The van der Waals surface area contributed by atoms with Crippen LogP contribution in [0.1, 0.15) is 5.56 Å². The van der Waals surface area contributed by atoms with Gasteiger partial charge in [-0.05, 0) is 6.07 Å². The number of rotatable bonds is 2. The molecule has 98 valence electrons. The van der Waals surface area contributed by atoms with Gasteiger partial charge in [-0.3, -0.25) is 9.59 Å². The second-order valence-corrected chi connectivity index (χ2v) is 4.72. The third-order valence-corrected chi connectivity index (χ3v) is 3.52. The van der Waals surface area contributed by atoms with E-state index in [1.54, 1.807) is 4.90 Å². The third-order valence-electron chi connectivity index (χ3n) is 3.52. The maximum atomic E-state index is 12.0. The van der Waals surface area contributed by atoms with E-state index in [0.717, 1.165) is 30.8 Å². The molecule has 1 fully saturated rings. The van der Waals surface area contributed by atoms with Crippen LogP contribution in [-0.2, 0) is 9.59 Å². The van der Waals surface area contributed by atoms with E-state index in [-0.39, 0.29) is 5.91 Å². The predicted molar refractivity (Wildman–Crippen MR) is 72.3 cm³/mol. The van der Waals surface area contributed by atoms with E-state index < -0.39 is 0 Å². The van der Waals surface area contributed by atoms with Gasteiger partial charge in [0.1, 0.15) is 0 Å². The van der Waals surface area contributed by atoms with Gasteiger partial charge in [0.05, 0.1) is 5.57 Å². The van der Waals surface area contributed by atoms with Gasteiger partial charge in [0.2, 0.25) is 6.41 Å². The zero-order valence-electron chi connectivity index (χ0n) is 10.5. The van der Waals surface area contributed by atoms with Gasteiger partial charge in [-0.15, -0.1) is 0 Å². The maximum Gasteiger partial charge on any atom is 0.257 e. The highest BCUT2D eigenvalue weighted by Gasteiger charge is 2.25.